The van der Waals surface area contributed by atoms with Crippen molar-refractivity contribution in [3.05, 3.63) is 12.2 Å². The van der Waals surface area contributed by atoms with E-state index >= 15 is 0 Å². The van der Waals surface area contributed by atoms with Gasteiger partial charge in [-0.25, -0.2) is 4.79 Å². The minimum Gasteiger partial charge on any atom is -0.455 e. The van der Waals surface area contributed by atoms with Crippen LogP contribution < -0.4 is 0 Å². The summed E-state index contributed by atoms with van der Waals surface area (Å²) < 4.78 is 46.0. The van der Waals surface area contributed by atoms with Gasteiger partial charge in [0.1, 0.15) is 5.60 Å². The van der Waals surface area contributed by atoms with Crippen LogP contribution in [-0.2, 0) is 38.0 Å². The van der Waals surface area contributed by atoms with Crippen molar-refractivity contribution in [2.75, 3.05) is 39.6 Å². The van der Waals surface area contributed by atoms with E-state index in [-0.39, 0.29) is 22.8 Å². The molecule has 0 aromatic rings. The molecule has 49 heavy (non-hydrogen) atoms. The van der Waals surface area contributed by atoms with Crippen LogP contribution in [0.3, 0.4) is 0 Å². The lowest BCUT2D eigenvalue weighted by molar-refractivity contribution is -0.328. The van der Waals surface area contributed by atoms with Crippen LogP contribution in [0.1, 0.15) is 163 Å². The molecule has 0 radical (unpaired) electrons. The van der Waals surface area contributed by atoms with E-state index in [9.17, 15) is 4.79 Å². The molecule has 3 unspecified atom stereocenters. The zero-order valence-electron chi connectivity index (χ0n) is 31.6. The fourth-order valence-electron chi connectivity index (χ4n) is 11.3. The molecule has 3 saturated heterocycles. The normalized spacial score (nSPS) is 40.4. The molecule has 0 aromatic carbocycles. The molecule has 280 valence electrons. The molecule has 7 aliphatic rings. The smallest absolute Gasteiger partial charge is 0.333 e. The van der Waals surface area contributed by atoms with Gasteiger partial charge in [-0.1, -0.05) is 46.6 Å². The molecule has 0 spiro atoms. The fourth-order valence-corrected chi connectivity index (χ4v) is 11.3. The minimum atomic E-state index is -0.702. The van der Waals surface area contributed by atoms with E-state index in [2.05, 4.69) is 27.4 Å². The van der Waals surface area contributed by atoms with Crippen LogP contribution in [0.5, 0.6) is 0 Å². The summed E-state index contributed by atoms with van der Waals surface area (Å²) in [5, 5.41) is 0. The van der Waals surface area contributed by atoms with Gasteiger partial charge < -0.3 is 33.2 Å². The van der Waals surface area contributed by atoms with Crippen molar-refractivity contribution in [3.63, 3.8) is 0 Å². The van der Waals surface area contributed by atoms with Crippen molar-refractivity contribution < 1.29 is 38.0 Å². The molecule has 3 aliphatic heterocycles. The van der Waals surface area contributed by atoms with Gasteiger partial charge >= 0.3 is 5.97 Å². The van der Waals surface area contributed by atoms with Gasteiger partial charge in [0.25, 0.3) is 0 Å². The molecular formula is C41H68O8. The third kappa shape index (κ3) is 8.30. The van der Waals surface area contributed by atoms with Gasteiger partial charge in [-0.2, -0.15) is 0 Å². The Kier molecular flexibility index (Phi) is 11.7. The second-order valence-corrected chi connectivity index (χ2v) is 17.4. The lowest BCUT2D eigenvalue weighted by Crippen LogP contribution is -2.74. The number of carbonyl (C=O) groups excluding carboxylic acids is 1. The van der Waals surface area contributed by atoms with E-state index in [1.807, 2.05) is 0 Å². The van der Waals surface area contributed by atoms with Crippen LogP contribution in [-0.4, -0.2) is 84.8 Å². The average Bonchev–Trinajstić information content (AvgIpc) is 2.98. The quantitative estimate of drug-likeness (QED) is 0.0599. The SMILES string of the molecule is C=C(C)C(=O)OC12CC3(OCCCC4(CCC)CCO4)CC(OCCCC4(CCC)CCO4)(CC(OCCCC4(CCC)CCO4)(C3)C1)C2. The maximum absolute atomic E-state index is 13.3. The molecule has 3 heterocycles. The lowest BCUT2D eigenvalue weighted by atomic mass is 9.48. The first kappa shape index (κ1) is 37.7. The predicted molar refractivity (Wildman–Crippen MR) is 190 cm³/mol. The highest BCUT2D eigenvalue weighted by Crippen LogP contribution is 2.65. The fraction of sp³-hybridized carbons (Fsp3) is 0.927. The topological polar surface area (TPSA) is 81.7 Å². The highest BCUT2D eigenvalue weighted by molar-refractivity contribution is 5.87. The first-order chi connectivity index (χ1) is 23.5. The number of hydrogen-bond donors (Lipinski definition) is 0. The van der Waals surface area contributed by atoms with Crippen LogP contribution >= 0.6 is 0 Å². The van der Waals surface area contributed by atoms with Crippen LogP contribution in [0, 0.1) is 0 Å². The Morgan fingerprint density at radius 1 is 0.551 bits per heavy atom. The zero-order chi connectivity index (χ0) is 34.7. The van der Waals surface area contributed by atoms with E-state index in [1.165, 1.54) is 0 Å². The molecular weight excluding hydrogens is 620 g/mol. The van der Waals surface area contributed by atoms with E-state index in [4.69, 9.17) is 33.2 Å². The molecule has 0 N–H and O–H groups in total. The van der Waals surface area contributed by atoms with Crippen molar-refractivity contribution in [1.82, 2.24) is 0 Å². The lowest BCUT2D eigenvalue weighted by Gasteiger charge is -2.68. The molecule has 4 aliphatic carbocycles. The van der Waals surface area contributed by atoms with Crippen molar-refractivity contribution in [2.45, 2.75) is 202 Å². The molecule has 0 amide bonds. The molecule has 8 heteroatoms. The Bertz CT molecular complexity index is 1010. The van der Waals surface area contributed by atoms with Crippen LogP contribution in [0.15, 0.2) is 12.2 Å². The van der Waals surface area contributed by atoms with Crippen LogP contribution in [0.25, 0.3) is 0 Å². The minimum absolute atomic E-state index is 0.0328. The first-order valence-electron chi connectivity index (χ1n) is 20.2. The maximum Gasteiger partial charge on any atom is 0.333 e. The highest BCUT2D eigenvalue weighted by atomic mass is 16.6. The molecule has 0 aromatic heterocycles. The standard InChI is InChI=1S/C41H68O8/c1-6-12-35(18-24-46-35)15-9-21-43-38-27-39(44-22-10-16-36(13-7-2)19-25-47-36)29-40(28-38,32-41(30-38,31-39)49-34(42)33(4)5)45-23-11-17-37(14-8-3)20-26-48-37/h4,6-32H2,1-3,5H3. The summed E-state index contributed by atoms with van der Waals surface area (Å²) in [5.74, 6) is -0.321. The highest BCUT2D eigenvalue weighted by Gasteiger charge is 2.72. The van der Waals surface area contributed by atoms with E-state index < -0.39 is 22.4 Å². The van der Waals surface area contributed by atoms with E-state index in [0.717, 1.165) is 135 Å². The molecule has 4 bridgehead atoms. The number of carbonyl (C=O) groups is 1. The second-order valence-electron chi connectivity index (χ2n) is 17.4. The zero-order valence-corrected chi connectivity index (χ0v) is 31.6. The molecule has 4 saturated carbocycles. The Morgan fingerprint density at radius 3 is 1.10 bits per heavy atom. The van der Waals surface area contributed by atoms with Gasteiger partial charge in [-0.05, 0) is 84.0 Å². The van der Waals surface area contributed by atoms with E-state index in [0.29, 0.717) is 44.7 Å². The summed E-state index contributed by atoms with van der Waals surface area (Å²) in [7, 11) is 0. The third-order valence-corrected chi connectivity index (χ3v) is 13.1. The Hall–Kier alpha value is -1.03. The number of rotatable bonds is 23. The summed E-state index contributed by atoms with van der Waals surface area (Å²) in [5.41, 5.74) is -1.58. The number of esters is 1. The Labute approximate surface area is 297 Å². The summed E-state index contributed by atoms with van der Waals surface area (Å²) in [4.78, 5) is 13.3. The summed E-state index contributed by atoms with van der Waals surface area (Å²) >= 11 is 0. The first-order valence-corrected chi connectivity index (χ1v) is 20.2. The Morgan fingerprint density at radius 2 is 0.857 bits per heavy atom. The van der Waals surface area contributed by atoms with Crippen molar-refractivity contribution in [2.24, 2.45) is 0 Å². The van der Waals surface area contributed by atoms with Gasteiger partial charge in [-0.3, -0.25) is 0 Å². The van der Waals surface area contributed by atoms with Crippen LogP contribution in [0.4, 0.5) is 0 Å². The van der Waals surface area contributed by atoms with Gasteiger partial charge in [0.15, 0.2) is 0 Å². The Balaban J connectivity index is 1.19. The van der Waals surface area contributed by atoms with Gasteiger partial charge in [-0.15, -0.1) is 0 Å². The monoisotopic (exact) mass is 688 g/mol. The summed E-state index contributed by atoms with van der Waals surface area (Å²) in [6, 6.07) is 0. The maximum atomic E-state index is 13.3. The van der Waals surface area contributed by atoms with Gasteiger partial charge in [0, 0.05) is 63.9 Å². The van der Waals surface area contributed by atoms with Crippen molar-refractivity contribution >= 4 is 5.97 Å². The molecule has 3 atom stereocenters. The summed E-state index contributed by atoms with van der Waals surface area (Å²) in [6.07, 6.45) is 20.7. The predicted octanol–water partition coefficient (Wildman–Crippen LogP) is 8.71. The average molecular weight is 689 g/mol. The van der Waals surface area contributed by atoms with Crippen LogP contribution in [0.2, 0.25) is 0 Å². The largest absolute Gasteiger partial charge is 0.455 e. The molecule has 7 rings (SSSR count). The van der Waals surface area contributed by atoms with Crippen molar-refractivity contribution in [1.29, 1.82) is 0 Å². The van der Waals surface area contributed by atoms with Gasteiger partial charge in [0.05, 0.1) is 53.4 Å². The third-order valence-electron chi connectivity index (χ3n) is 13.1. The van der Waals surface area contributed by atoms with E-state index in [1.54, 1.807) is 6.92 Å². The number of hydrogen-bond acceptors (Lipinski definition) is 8. The van der Waals surface area contributed by atoms with Crippen molar-refractivity contribution in [3.8, 4) is 0 Å². The summed E-state index contributed by atoms with van der Waals surface area (Å²) in [6.45, 7) is 17.0. The molecule has 7 fully saturated rings. The van der Waals surface area contributed by atoms with Gasteiger partial charge in [0.2, 0.25) is 0 Å². The second kappa shape index (κ2) is 15.1. The molecule has 8 nitrogen and oxygen atoms in total. The number of ether oxygens (including phenoxy) is 7.